The van der Waals surface area contributed by atoms with Gasteiger partial charge in [0.1, 0.15) is 5.75 Å². The molecule has 2 aromatic rings. The number of hydrogen-bond acceptors (Lipinski definition) is 5. The molecule has 0 unspecified atom stereocenters. The molecule has 0 bridgehead atoms. The van der Waals surface area contributed by atoms with Gasteiger partial charge in [0.2, 0.25) is 0 Å². The van der Waals surface area contributed by atoms with Gasteiger partial charge >= 0.3 is 0 Å². The predicted octanol–water partition coefficient (Wildman–Crippen LogP) is 1.41. The van der Waals surface area contributed by atoms with Gasteiger partial charge in [-0.1, -0.05) is 16.8 Å². The normalized spacial score (nSPS) is 13.4. The first kappa shape index (κ1) is 12.7. The number of carbonyl (C=O) groups is 1. The minimum Gasteiger partial charge on any atom is -0.482 e. The number of benzene rings is 1. The highest BCUT2D eigenvalue weighted by atomic mass is 35.5. The molecule has 0 spiro atoms. The topological polar surface area (TPSA) is 81.1 Å². The van der Waals surface area contributed by atoms with Crippen molar-refractivity contribution in [3.63, 3.8) is 0 Å². The Hall–Kier alpha value is -2.28. The molecule has 20 heavy (non-hydrogen) atoms. The van der Waals surface area contributed by atoms with E-state index in [1.165, 1.54) is 0 Å². The Morgan fingerprint density at radius 3 is 3.15 bits per heavy atom. The van der Waals surface area contributed by atoms with E-state index in [4.69, 9.17) is 16.3 Å². The summed E-state index contributed by atoms with van der Waals surface area (Å²) in [5, 5.41) is 14.1. The van der Waals surface area contributed by atoms with Crippen LogP contribution in [0.5, 0.6) is 5.75 Å². The Morgan fingerprint density at radius 1 is 1.55 bits per heavy atom. The molecular formula is C12H12ClN5O2. The number of hydrogen-bond donors (Lipinski definition) is 2. The number of aryl methyl sites for hydroxylation is 1. The zero-order valence-corrected chi connectivity index (χ0v) is 11.4. The summed E-state index contributed by atoms with van der Waals surface area (Å²) in [5.74, 6) is 0.412. The Bertz CT molecular complexity index is 670. The van der Waals surface area contributed by atoms with Crippen molar-refractivity contribution in [3.05, 3.63) is 29.0 Å². The maximum Gasteiger partial charge on any atom is 0.262 e. The Balaban J connectivity index is 1.80. The maximum absolute atomic E-state index is 11.2. The molecular weight excluding hydrogens is 282 g/mol. The molecule has 1 aromatic heterocycles. The lowest BCUT2D eigenvalue weighted by Gasteiger charge is -2.20. The standard InChI is InChI=1S/C12H12ClN5O2/c1-18-7(5-15-17-18)4-14-9-3-11-10(2-8(9)13)16-12(19)6-20-11/h2-3,5,14H,4,6H2,1H3,(H,16,19). The minimum absolute atomic E-state index is 0.0136. The van der Waals surface area contributed by atoms with Crippen LogP contribution in [-0.4, -0.2) is 27.5 Å². The quantitative estimate of drug-likeness (QED) is 0.894. The van der Waals surface area contributed by atoms with Gasteiger partial charge < -0.3 is 15.4 Å². The molecule has 0 fully saturated rings. The molecule has 1 amide bonds. The van der Waals surface area contributed by atoms with Crippen LogP contribution in [-0.2, 0) is 18.4 Å². The van der Waals surface area contributed by atoms with Gasteiger partial charge in [0.25, 0.3) is 5.91 Å². The zero-order valence-electron chi connectivity index (χ0n) is 10.7. The molecule has 104 valence electrons. The molecule has 7 nitrogen and oxygen atoms in total. The van der Waals surface area contributed by atoms with E-state index >= 15 is 0 Å². The number of ether oxygens (including phenoxy) is 1. The second kappa shape index (κ2) is 5.01. The fourth-order valence-electron chi connectivity index (χ4n) is 1.89. The monoisotopic (exact) mass is 293 g/mol. The van der Waals surface area contributed by atoms with Crippen LogP contribution in [0.25, 0.3) is 0 Å². The number of carbonyl (C=O) groups excluding carboxylic acids is 1. The van der Waals surface area contributed by atoms with Gasteiger partial charge in [-0.3, -0.25) is 9.48 Å². The highest BCUT2D eigenvalue weighted by Crippen LogP contribution is 2.36. The van der Waals surface area contributed by atoms with Crippen molar-refractivity contribution in [2.24, 2.45) is 7.05 Å². The van der Waals surface area contributed by atoms with Gasteiger partial charge in [-0.05, 0) is 6.07 Å². The van der Waals surface area contributed by atoms with Crippen molar-refractivity contribution >= 4 is 28.9 Å². The van der Waals surface area contributed by atoms with Crippen molar-refractivity contribution in [1.29, 1.82) is 0 Å². The lowest BCUT2D eigenvalue weighted by atomic mass is 10.2. The van der Waals surface area contributed by atoms with Crippen molar-refractivity contribution in [2.45, 2.75) is 6.54 Å². The third-order valence-electron chi connectivity index (χ3n) is 2.97. The van der Waals surface area contributed by atoms with Crippen LogP contribution in [0, 0.1) is 0 Å². The molecule has 1 aliphatic heterocycles. The fourth-order valence-corrected chi connectivity index (χ4v) is 2.12. The molecule has 1 aliphatic rings. The Morgan fingerprint density at radius 2 is 2.40 bits per heavy atom. The van der Waals surface area contributed by atoms with E-state index in [1.54, 1.807) is 23.0 Å². The van der Waals surface area contributed by atoms with Gasteiger partial charge in [0.15, 0.2) is 6.61 Å². The second-order valence-corrected chi connectivity index (χ2v) is 4.77. The zero-order chi connectivity index (χ0) is 14.1. The highest BCUT2D eigenvalue weighted by molar-refractivity contribution is 6.33. The highest BCUT2D eigenvalue weighted by Gasteiger charge is 2.18. The lowest BCUT2D eigenvalue weighted by molar-refractivity contribution is -0.118. The van der Waals surface area contributed by atoms with Crippen molar-refractivity contribution in [1.82, 2.24) is 15.0 Å². The summed E-state index contributed by atoms with van der Waals surface area (Å²) in [5.41, 5.74) is 2.23. The minimum atomic E-state index is -0.185. The number of nitrogens with zero attached hydrogens (tertiary/aromatic N) is 3. The first-order valence-electron chi connectivity index (χ1n) is 5.97. The van der Waals surface area contributed by atoms with Crippen molar-refractivity contribution < 1.29 is 9.53 Å². The fraction of sp³-hybridized carbons (Fsp3) is 0.250. The molecule has 8 heteroatoms. The van der Waals surface area contributed by atoms with E-state index in [-0.39, 0.29) is 12.5 Å². The summed E-state index contributed by atoms with van der Waals surface area (Å²) in [6, 6.07) is 3.43. The largest absolute Gasteiger partial charge is 0.482 e. The van der Waals surface area contributed by atoms with E-state index in [9.17, 15) is 4.79 Å². The SMILES string of the molecule is Cn1nncc1CNc1cc2c(cc1Cl)NC(=O)CO2. The molecule has 0 atom stereocenters. The average molecular weight is 294 g/mol. The molecule has 0 saturated heterocycles. The molecule has 1 aromatic carbocycles. The molecule has 3 rings (SSSR count). The average Bonchev–Trinajstić information content (AvgIpc) is 2.82. The van der Waals surface area contributed by atoms with E-state index in [0.29, 0.717) is 23.0 Å². The number of anilines is 2. The molecule has 2 N–H and O–H groups in total. The van der Waals surface area contributed by atoms with E-state index in [0.717, 1.165) is 11.4 Å². The van der Waals surface area contributed by atoms with Gasteiger partial charge in [-0.25, -0.2) is 0 Å². The molecule has 0 aliphatic carbocycles. The van der Waals surface area contributed by atoms with E-state index < -0.39 is 0 Å². The van der Waals surface area contributed by atoms with Crippen LogP contribution in [0.3, 0.4) is 0 Å². The number of rotatable bonds is 3. The van der Waals surface area contributed by atoms with Crippen LogP contribution in [0.4, 0.5) is 11.4 Å². The third kappa shape index (κ3) is 2.39. The summed E-state index contributed by atoms with van der Waals surface area (Å²) in [7, 11) is 1.82. The van der Waals surface area contributed by atoms with Crippen LogP contribution in [0.1, 0.15) is 5.69 Å². The van der Waals surface area contributed by atoms with Crippen molar-refractivity contribution in [3.8, 4) is 5.75 Å². The molecule has 0 radical (unpaired) electrons. The smallest absolute Gasteiger partial charge is 0.262 e. The van der Waals surface area contributed by atoms with E-state index in [2.05, 4.69) is 20.9 Å². The summed E-state index contributed by atoms with van der Waals surface area (Å²) in [4.78, 5) is 11.2. The third-order valence-corrected chi connectivity index (χ3v) is 3.28. The second-order valence-electron chi connectivity index (χ2n) is 4.37. The van der Waals surface area contributed by atoms with Crippen LogP contribution in [0.2, 0.25) is 5.02 Å². The summed E-state index contributed by atoms with van der Waals surface area (Å²) in [6.07, 6.45) is 1.68. The van der Waals surface area contributed by atoms with Crippen LogP contribution in [0.15, 0.2) is 18.3 Å². The number of aromatic nitrogens is 3. The van der Waals surface area contributed by atoms with Gasteiger partial charge in [0, 0.05) is 13.1 Å². The first-order valence-corrected chi connectivity index (χ1v) is 6.35. The summed E-state index contributed by atoms with van der Waals surface area (Å²) < 4.78 is 7.03. The van der Waals surface area contributed by atoms with Crippen LogP contribution >= 0.6 is 11.6 Å². The number of nitrogens with one attached hydrogen (secondary N) is 2. The van der Waals surface area contributed by atoms with Gasteiger partial charge in [0.05, 0.1) is 34.8 Å². The summed E-state index contributed by atoms with van der Waals surface area (Å²) in [6.45, 7) is 0.550. The molecule has 0 saturated carbocycles. The maximum atomic E-state index is 11.2. The Labute approximate surface area is 119 Å². The number of fused-ring (bicyclic) bond motifs is 1. The van der Waals surface area contributed by atoms with Crippen molar-refractivity contribution in [2.75, 3.05) is 17.2 Å². The number of halogens is 1. The number of amides is 1. The van der Waals surface area contributed by atoms with Crippen LogP contribution < -0.4 is 15.4 Å². The first-order chi connectivity index (χ1) is 9.63. The molecule has 2 heterocycles. The van der Waals surface area contributed by atoms with E-state index in [1.807, 2.05) is 7.05 Å². The summed E-state index contributed by atoms with van der Waals surface area (Å²) >= 11 is 6.18. The van der Waals surface area contributed by atoms with Gasteiger partial charge in [-0.15, -0.1) is 5.10 Å². The van der Waals surface area contributed by atoms with Gasteiger partial charge in [-0.2, -0.15) is 0 Å². The Kier molecular flexibility index (Phi) is 3.19. The predicted molar refractivity (Wildman–Crippen MR) is 73.9 cm³/mol. The lowest BCUT2D eigenvalue weighted by Crippen LogP contribution is -2.25.